The normalized spacial score (nSPS) is 11.0. The number of unbranched alkanes of at least 4 members (excludes halogenated alkanes) is 2. The van der Waals surface area contributed by atoms with Crippen LogP contribution in [0.15, 0.2) is 30.3 Å². The minimum Gasteiger partial charge on any atom is -0.618 e. The third-order valence-corrected chi connectivity index (χ3v) is 3.98. The molecule has 2 rings (SSSR count). The summed E-state index contributed by atoms with van der Waals surface area (Å²) in [6.07, 6.45) is 4.82. The predicted molar refractivity (Wildman–Crippen MR) is 89.7 cm³/mol. The molecule has 1 heterocycles. The highest BCUT2D eigenvalue weighted by Crippen LogP contribution is 2.21. The van der Waals surface area contributed by atoms with Crippen molar-refractivity contribution >= 4 is 16.6 Å². The quantitative estimate of drug-likeness (QED) is 0.564. The average Bonchev–Trinajstić information content (AvgIpc) is 2.51. The Morgan fingerprint density at radius 2 is 1.67 bits per heavy atom. The molecule has 0 radical (unpaired) electrons. The lowest BCUT2D eigenvalue weighted by molar-refractivity contribution is -0.584. The second-order valence-electron chi connectivity index (χ2n) is 5.71. The van der Waals surface area contributed by atoms with Gasteiger partial charge in [-0.05, 0) is 31.0 Å². The molecule has 0 bridgehead atoms. The van der Waals surface area contributed by atoms with Gasteiger partial charge in [-0.25, -0.2) is 0 Å². The highest BCUT2D eigenvalue weighted by Gasteiger charge is 2.11. The Hall–Kier alpha value is -1.77. The van der Waals surface area contributed by atoms with Crippen LogP contribution in [0.5, 0.6) is 0 Å². The molecule has 0 fully saturated rings. The number of aryl methyl sites for hydroxylation is 1. The maximum absolute atomic E-state index is 12.1. The van der Waals surface area contributed by atoms with Crippen molar-refractivity contribution in [3.05, 3.63) is 41.2 Å². The van der Waals surface area contributed by atoms with E-state index in [4.69, 9.17) is 0 Å². The van der Waals surface area contributed by atoms with Crippen LogP contribution in [0.4, 0.5) is 5.69 Å². The first-order chi connectivity index (χ1) is 10.2. The van der Waals surface area contributed by atoms with Gasteiger partial charge in [-0.3, -0.25) is 0 Å². The van der Waals surface area contributed by atoms with Gasteiger partial charge in [-0.1, -0.05) is 26.7 Å². The van der Waals surface area contributed by atoms with E-state index in [2.05, 4.69) is 30.9 Å². The lowest BCUT2D eigenvalue weighted by atomic mass is 10.1. The van der Waals surface area contributed by atoms with Crippen LogP contribution in [-0.4, -0.2) is 13.1 Å². The Labute approximate surface area is 127 Å². The van der Waals surface area contributed by atoms with Gasteiger partial charge in [0, 0.05) is 43.2 Å². The van der Waals surface area contributed by atoms with Crippen molar-refractivity contribution in [1.29, 1.82) is 0 Å². The SMILES string of the molecule is CCCCN(CCCC)c1ccc2c(ccc(C)[n+]2[O-])c1. The van der Waals surface area contributed by atoms with Crippen molar-refractivity contribution in [3.8, 4) is 0 Å². The van der Waals surface area contributed by atoms with E-state index < -0.39 is 0 Å². The first kappa shape index (κ1) is 15.6. The predicted octanol–water partition coefficient (Wildman–Crippen LogP) is 4.19. The minimum atomic E-state index is 0.740. The first-order valence-corrected chi connectivity index (χ1v) is 8.05. The highest BCUT2D eigenvalue weighted by atomic mass is 16.5. The number of rotatable bonds is 7. The molecule has 0 N–H and O–H groups in total. The van der Waals surface area contributed by atoms with Crippen LogP contribution in [0.3, 0.4) is 0 Å². The Morgan fingerprint density at radius 1 is 1.00 bits per heavy atom. The summed E-state index contributed by atoms with van der Waals surface area (Å²) in [5, 5.41) is 13.1. The second kappa shape index (κ2) is 7.30. The molecule has 0 aliphatic rings. The summed E-state index contributed by atoms with van der Waals surface area (Å²) >= 11 is 0. The number of pyridine rings is 1. The van der Waals surface area contributed by atoms with Gasteiger partial charge in [0.15, 0.2) is 5.69 Å². The molecule has 2 aromatic rings. The molecule has 21 heavy (non-hydrogen) atoms. The van der Waals surface area contributed by atoms with Crippen molar-refractivity contribution in [3.63, 3.8) is 0 Å². The van der Waals surface area contributed by atoms with E-state index in [0.29, 0.717) is 0 Å². The molecule has 1 aromatic carbocycles. The molecule has 114 valence electrons. The van der Waals surface area contributed by atoms with Gasteiger partial charge < -0.3 is 10.1 Å². The lowest BCUT2D eigenvalue weighted by Gasteiger charge is -2.25. The molecule has 0 atom stereocenters. The summed E-state index contributed by atoms with van der Waals surface area (Å²) in [7, 11) is 0. The molecule has 3 nitrogen and oxygen atoms in total. The fraction of sp³-hybridized carbons (Fsp3) is 0.500. The van der Waals surface area contributed by atoms with Crippen LogP contribution in [-0.2, 0) is 0 Å². The van der Waals surface area contributed by atoms with Crippen molar-refractivity contribution in [1.82, 2.24) is 0 Å². The number of hydrogen-bond donors (Lipinski definition) is 0. The minimum absolute atomic E-state index is 0.740. The van der Waals surface area contributed by atoms with Gasteiger partial charge in [-0.2, -0.15) is 4.73 Å². The van der Waals surface area contributed by atoms with Gasteiger partial charge in [0.25, 0.3) is 0 Å². The number of aromatic nitrogens is 1. The van der Waals surface area contributed by atoms with Crippen molar-refractivity contribution in [2.24, 2.45) is 0 Å². The smallest absolute Gasteiger partial charge is 0.224 e. The molecular formula is C18H26N2O. The third-order valence-electron chi connectivity index (χ3n) is 3.98. The monoisotopic (exact) mass is 286 g/mol. The fourth-order valence-corrected chi connectivity index (χ4v) is 2.59. The number of nitrogens with zero attached hydrogens (tertiary/aromatic N) is 2. The summed E-state index contributed by atoms with van der Waals surface area (Å²) in [5.74, 6) is 0. The van der Waals surface area contributed by atoms with Crippen LogP contribution < -0.4 is 9.63 Å². The van der Waals surface area contributed by atoms with Gasteiger partial charge in [0.1, 0.15) is 0 Å². The van der Waals surface area contributed by atoms with E-state index in [-0.39, 0.29) is 0 Å². The zero-order valence-corrected chi connectivity index (χ0v) is 13.4. The van der Waals surface area contributed by atoms with Crippen molar-refractivity contribution in [2.45, 2.75) is 46.5 Å². The summed E-state index contributed by atoms with van der Waals surface area (Å²) in [5.41, 5.74) is 2.72. The van der Waals surface area contributed by atoms with E-state index >= 15 is 0 Å². The largest absolute Gasteiger partial charge is 0.618 e. The van der Waals surface area contributed by atoms with Crippen LogP contribution >= 0.6 is 0 Å². The molecule has 0 saturated carbocycles. The van der Waals surface area contributed by atoms with E-state index in [1.54, 1.807) is 0 Å². The summed E-state index contributed by atoms with van der Waals surface area (Å²) < 4.78 is 1.02. The van der Waals surface area contributed by atoms with Crippen molar-refractivity contribution in [2.75, 3.05) is 18.0 Å². The molecule has 3 heteroatoms. The van der Waals surface area contributed by atoms with Crippen molar-refractivity contribution < 1.29 is 4.73 Å². The Morgan fingerprint density at radius 3 is 2.29 bits per heavy atom. The summed E-state index contributed by atoms with van der Waals surface area (Å²) in [4.78, 5) is 2.45. The maximum Gasteiger partial charge on any atom is 0.224 e. The number of hydrogen-bond acceptors (Lipinski definition) is 2. The number of fused-ring (bicyclic) bond motifs is 1. The second-order valence-corrected chi connectivity index (χ2v) is 5.71. The first-order valence-electron chi connectivity index (χ1n) is 8.05. The molecule has 0 amide bonds. The number of benzene rings is 1. The summed E-state index contributed by atoms with van der Waals surface area (Å²) in [6.45, 7) is 8.47. The standard InChI is InChI=1S/C18H26N2O/c1-4-6-12-19(13-7-5-2)17-10-11-18-16(14-17)9-8-15(3)20(18)21/h8-11,14H,4-7,12-13H2,1-3H3. The summed E-state index contributed by atoms with van der Waals surface area (Å²) in [6, 6.07) is 10.1. The average molecular weight is 286 g/mol. The molecule has 1 aromatic heterocycles. The van der Waals surface area contributed by atoms with Gasteiger partial charge in [-0.15, -0.1) is 0 Å². The van der Waals surface area contributed by atoms with Gasteiger partial charge in [0.2, 0.25) is 5.52 Å². The van der Waals surface area contributed by atoms with E-state index in [9.17, 15) is 5.21 Å². The molecule has 0 spiro atoms. The number of anilines is 1. The lowest BCUT2D eigenvalue weighted by Crippen LogP contribution is -2.31. The van der Waals surface area contributed by atoms with Crippen LogP contribution in [0.2, 0.25) is 0 Å². The van der Waals surface area contributed by atoms with E-state index in [1.165, 1.54) is 31.4 Å². The molecule has 0 aliphatic carbocycles. The van der Waals surface area contributed by atoms with E-state index in [0.717, 1.165) is 34.4 Å². The topological polar surface area (TPSA) is 30.2 Å². The van der Waals surface area contributed by atoms with Gasteiger partial charge in [0.05, 0.1) is 0 Å². The molecule has 0 unspecified atom stereocenters. The zero-order chi connectivity index (χ0) is 15.2. The van der Waals surface area contributed by atoms with Crippen LogP contribution in [0.25, 0.3) is 10.9 Å². The third kappa shape index (κ3) is 3.66. The van der Waals surface area contributed by atoms with E-state index in [1.807, 2.05) is 25.1 Å². The molecule has 0 saturated heterocycles. The molecular weight excluding hydrogens is 260 g/mol. The highest BCUT2D eigenvalue weighted by molar-refractivity contribution is 5.80. The fourth-order valence-electron chi connectivity index (χ4n) is 2.59. The van der Waals surface area contributed by atoms with Crippen LogP contribution in [0, 0.1) is 12.1 Å². The Bertz CT molecular complexity index is 587. The van der Waals surface area contributed by atoms with Gasteiger partial charge >= 0.3 is 0 Å². The maximum atomic E-state index is 12.1. The Kier molecular flexibility index (Phi) is 5.43. The Balaban J connectivity index is 2.32. The molecule has 0 aliphatic heterocycles. The van der Waals surface area contributed by atoms with Crippen LogP contribution in [0.1, 0.15) is 45.2 Å². The zero-order valence-electron chi connectivity index (χ0n) is 13.4.